The van der Waals surface area contributed by atoms with E-state index in [1.54, 1.807) is 0 Å². The molecular weight excluding hydrogens is 341 g/mol. The third-order valence-corrected chi connectivity index (χ3v) is 19.3. The summed E-state index contributed by atoms with van der Waals surface area (Å²) in [5.74, 6) is 0. The van der Waals surface area contributed by atoms with Crippen LogP contribution in [0.15, 0.2) is 0 Å². The fraction of sp³-hybridized carbons (Fsp3) is 1.00. The molecule has 0 aromatic heterocycles. The van der Waals surface area contributed by atoms with Crippen LogP contribution in [0.2, 0.25) is 3.43 Å². The Kier molecular flexibility index (Phi) is 24.0. The summed E-state index contributed by atoms with van der Waals surface area (Å²) in [4.78, 5) is 0. The minimum atomic E-state index is -2.58. The van der Waals surface area contributed by atoms with E-state index >= 15 is 0 Å². The summed E-state index contributed by atoms with van der Waals surface area (Å²) in [5.41, 5.74) is 0. The minimum absolute atomic E-state index is 0. The summed E-state index contributed by atoms with van der Waals surface area (Å²) in [6, 6.07) is 0. The first kappa shape index (κ1) is 36.7. The van der Waals surface area contributed by atoms with Crippen molar-refractivity contribution in [3.05, 3.63) is 0 Å². The van der Waals surface area contributed by atoms with Crippen LogP contribution in [0.4, 0.5) is 0 Å². The Morgan fingerprint density at radius 1 is 0.526 bits per heavy atom. The molecule has 3 nitrogen and oxygen atoms in total. The third kappa shape index (κ3) is 6.78. The molecule has 0 aliphatic rings. The van der Waals surface area contributed by atoms with Crippen LogP contribution in [-0.4, -0.2) is 70.8 Å². The van der Waals surface area contributed by atoms with E-state index in [-0.39, 0.29) is 37.1 Å². The van der Waals surface area contributed by atoms with Gasteiger partial charge in [0.25, 0.3) is 0 Å². The number of nitrogens with zero attached hydrogens (tertiary/aromatic N) is 3. The van der Waals surface area contributed by atoms with Gasteiger partial charge in [-0.15, -0.1) is 0 Å². The molecule has 4 heteroatoms. The van der Waals surface area contributed by atoms with E-state index < -0.39 is 19.2 Å². The third-order valence-electron chi connectivity index (χ3n) is 2.88. The van der Waals surface area contributed by atoms with Crippen LogP contribution in [-0.2, 0) is 0 Å². The summed E-state index contributed by atoms with van der Waals surface area (Å²) >= 11 is -2.58. The molecule has 19 heavy (non-hydrogen) atoms. The molecule has 0 saturated carbocycles. The zero-order chi connectivity index (χ0) is 11.7. The van der Waals surface area contributed by atoms with Gasteiger partial charge in [-0.3, -0.25) is 0 Å². The maximum absolute atomic E-state index is 2.58. The van der Waals surface area contributed by atoms with Crippen molar-refractivity contribution in [2.45, 2.75) is 61.3 Å². The van der Waals surface area contributed by atoms with E-state index in [0.29, 0.717) is 3.43 Å². The second kappa shape index (κ2) is 12.4. The van der Waals surface area contributed by atoms with Crippen LogP contribution in [0.25, 0.3) is 0 Å². The summed E-state index contributed by atoms with van der Waals surface area (Å²) in [6.45, 7) is 7.09. The van der Waals surface area contributed by atoms with Gasteiger partial charge in [0.2, 0.25) is 0 Å². The van der Waals surface area contributed by atoms with E-state index in [2.05, 4.69) is 72.4 Å². The summed E-state index contributed by atoms with van der Waals surface area (Å²) in [7, 11) is 13.3. The normalized spacial score (nSPS) is 10.7. The standard InChI is InChI=1S/C4H9.3C2H6N.5CH4.Sn/c1-4(2)3;3*1-3-2;;;;;;/h1-3H3;3*1-2H3;5*1H4;/q;3*-1;;;;;;+3. The molecule has 0 aromatic rings. The Balaban J connectivity index is -0.0000000845. The topological polar surface area (TPSA) is 9.72 Å². The van der Waals surface area contributed by atoms with E-state index in [0.717, 1.165) is 0 Å². The zero-order valence-corrected chi connectivity index (χ0v) is 14.2. The van der Waals surface area contributed by atoms with Gasteiger partial charge in [0, 0.05) is 0 Å². The van der Waals surface area contributed by atoms with Crippen molar-refractivity contribution in [2.75, 3.05) is 42.3 Å². The van der Waals surface area contributed by atoms with Crippen molar-refractivity contribution < 1.29 is 0 Å². The van der Waals surface area contributed by atoms with E-state index in [1.807, 2.05) is 0 Å². The van der Waals surface area contributed by atoms with Gasteiger partial charge in [-0.1, -0.05) is 37.1 Å². The van der Waals surface area contributed by atoms with Crippen LogP contribution in [0.5, 0.6) is 0 Å². The molecule has 0 fully saturated rings. The molecule has 0 aliphatic heterocycles. The second-order valence-corrected chi connectivity index (χ2v) is 21.1. The first-order valence-corrected chi connectivity index (χ1v) is 10.4. The second-order valence-electron chi connectivity index (χ2n) is 5.57. The van der Waals surface area contributed by atoms with Crippen molar-refractivity contribution in [3.63, 3.8) is 0 Å². The Morgan fingerprint density at radius 3 is 0.684 bits per heavy atom. The molecule has 0 spiro atoms. The van der Waals surface area contributed by atoms with Crippen molar-refractivity contribution in [1.29, 1.82) is 0 Å². The van der Waals surface area contributed by atoms with Crippen LogP contribution < -0.4 is 0 Å². The average Bonchev–Trinajstić information content (AvgIpc) is 1.79. The predicted octanol–water partition coefficient (Wildman–Crippen LogP) is 4.59. The summed E-state index contributed by atoms with van der Waals surface area (Å²) in [5, 5.41) is 0. The average molecular weight is 388 g/mol. The molecule has 0 bridgehead atoms. The van der Waals surface area contributed by atoms with Crippen LogP contribution in [0, 0.1) is 0 Å². The number of hydrogen-bond acceptors (Lipinski definition) is 3. The van der Waals surface area contributed by atoms with Gasteiger partial charge in [0.15, 0.2) is 0 Å². The zero-order valence-electron chi connectivity index (χ0n) is 11.3. The molecule has 0 radical (unpaired) electrons. The molecule has 0 unspecified atom stereocenters. The molecule has 0 rings (SSSR count). The predicted molar refractivity (Wildman–Crippen MR) is 100 cm³/mol. The first-order chi connectivity index (χ1) is 6.08. The van der Waals surface area contributed by atoms with Gasteiger partial charge >= 0.3 is 95.0 Å². The number of rotatable bonds is 3. The van der Waals surface area contributed by atoms with Crippen molar-refractivity contribution in [1.82, 2.24) is 9.36 Å². The summed E-state index contributed by atoms with van der Waals surface area (Å²) in [6.07, 6.45) is 0. The Bertz CT molecular complexity index is 163. The van der Waals surface area contributed by atoms with E-state index in [1.165, 1.54) is 0 Å². The molecular formula is C15H47N3Sn. The molecule has 0 aromatic carbocycles. The molecule has 0 aliphatic carbocycles. The maximum atomic E-state index is 2.48. The van der Waals surface area contributed by atoms with Gasteiger partial charge in [-0.2, -0.15) is 0 Å². The van der Waals surface area contributed by atoms with Gasteiger partial charge in [-0.25, -0.2) is 0 Å². The molecule has 0 amide bonds. The fourth-order valence-corrected chi connectivity index (χ4v) is 21.5. The number of hydrogen-bond donors (Lipinski definition) is 0. The van der Waals surface area contributed by atoms with Crippen LogP contribution >= 0.6 is 0 Å². The molecule has 0 N–H and O–H groups in total. The Labute approximate surface area is 132 Å². The quantitative estimate of drug-likeness (QED) is 0.655. The van der Waals surface area contributed by atoms with Crippen LogP contribution in [0.3, 0.4) is 0 Å². The van der Waals surface area contributed by atoms with Crippen molar-refractivity contribution >= 4 is 19.2 Å². The molecule has 0 saturated heterocycles. The monoisotopic (exact) mass is 389 g/mol. The van der Waals surface area contributed by atoms with Gasteiger partial charge in [0.1, 0.15) is 0 Å². The summed E-state index contributed by atoms with van der Waals surface area (Å²) < 4.78 is 7.81. The Hall–Kier alpha value is 0.679. The van der Waals surface area contributed by atoms with Gasteiger partial charge in [0.05, 0.1) is 0 Å². The van der Waals surface area contributed by atoms with Gasteiger partial charge in [-0.05, 0) is 0 Å². The Morgan fingerprint density at radius 2 is 0.684 bits per heavy atom. The van der Waals surface area contributed by atoms with Gasteiger partial charge < -0.3 is 0 Å². The molecule has 126 valence electrons. The SMILES string of the molecule is C.C.C.C.C.C[N](C)[Sn]([N](C)C)([N](C)C)[C](C)(C)C. The first-order valence-electron chi connectivity index (χ1n) is 5.10. The van der Waals surface area contributed by atoms with Crippen molar-refractivity contribution in [3.8, 4) is 0 Å². The van der Waals surface area contributed by atoms with E-state index in [4.69, 9.17) is 0 Å². The van der Waals surface area contributed by atoms with E-state index in [9.17, 15) is 0 Å². The fourth-order valence-electron chi connectivity index (χ4n) is 3.21. The van der Waals surface area contributed by atoms with Crippen molar-refractivity contribution in [2.24, 2.45) is 0 Å². The molecule has 0 atom stereocenters. The van der Waals surface area contributed by atoms with Crippen LogP contribution in [0.1, 0.15) is 57.9 Å². The molecule has 0 heterocycles.